The van der Waals surface area contributed by atoms with Gasteiger partial charge in [0, 0.05) is 6.08 Å². The highest BCUT2D eigenvalue weighted by Crippen LogP contribution is 2.17. The SMILES string of the molecule is CCCCCCOC1=CC(OC(C)C)OC1=O. The van der Waals surface area contributed by atoms with Crippen molar-refractivity contribution in [2.45, 2.75) is 58.8 Å². The van der Waals surface area contributed by atoms with Gasteiger partial charge in [-0.3, -0.25) is 0 Å². The molecule has 1 atom stereocenters. The number of hydrogen-bond donors (Lipinski definition) is 0. The molecule has 0 aromatic rings. The molecule has 0 saturated heterocycles. The van der Waals surface area contributed by atoms with E-state index in [1.54, 1.807) is 6.08 Å². The van der Waals surface area contributed by atoms with Gasteiger partial charge in [0.1, 0.15) is 0 Å². The number of cyclic esters (lactones) is 1. The molecule has 4 nitrogen and oxygen atoms in total. The molecule has 0 saturated carbocycles. The first-order valence-corrected chi connectivity index (χ1v) is 6.34. The van der Waals surface area contributed by atoms with Crippen LogP contribution < -0.4 is 0 Å². The summed E-state index contributed by atoms with van der Waals surface area (Å²) < 4.78 is 15.7. The number of carbonyl (C=O) groups excluding carboxylic acids is 1. The van der Waals surface area contributed by atoms with Gasteiger partial charge in [0.25, 0.3) is 0 Å². The van der Waals surface area contributed by atoms with E-state index in [9.17, 15) is 4.79 Å². The first kappa shape index (κ1) is 14.0. The van der Waals surface area contributed by atoms with E-state index in [0.717, 1.165) is 12.8 Å². The third kappa shape index (κ3) is 5.22. The maximum atomic E-state index is 11.4. The smallest absolute Gasteiger partial charge is 0.376 e. The second-order valence-electron chi connectivity index (χ2n) is 4.40. The van der Waals surface area contributed by atoms with Crippen molar-refractivity contribution in [3.05, 3.63) is 11.8 Å². The maximum Gasteiger partial charge on any atom is 0.376 e. The Hall–Kier alpha value is -1.03. The molecule has 0 aliphatic carbocycles. The fourth-order valence-electron chi connectivity index (χ4n) is 1.54. The molecule has 0 aromatic carbocycles. The monoisotopic (exact) mass is 242 g/mol. The van der Waals surface area contributed by atoms with Gasteiger partial charge in [0.15, 0.2) is 0 Å². The minimum Gasteiger partial charge on any atom is -0.487 e. The van der Waals surface area contributed by atoms with Gasteiger partial charge in [-0.1, -0.05) is 26.2 Å². The summed E-state index contributed by atoms with van der Waals surface area (Å²) >= 11 is 0. The number of rotatable bonds is 8. The van der Waals surface area contributed by atoms with Gasteiger partial charge in [-0.05, 0) is 20.3 Å². The molecular weight excluding hydrogens is 220 g/mol. The van der Waals surface area contributed by atoms with E-state index in [-0.39, 0.29) is 11.9 Å². The minimum atomic E-state index is -0.590. The average Bonchev–Trinajstić information content (AvgIpc) is 2.58. The zero-order valence-electron chi connectivity index (χ0n) is 10.9. The quantitative estimate of drug-likeness (QED) is 0.485. The summed E-state index contributed by atoms with van der Waals surface area (Å²) in [5.41, 5.74) is 0. The van der Waals surface area contributed by atoms with Crippen LogP contribution in [0.15, 0.2) is 11.8 Å². The summed E-state index contributed by atoms with van der Waals surface area (Å²) in [7, 11) is 0. The van der Waals surface area contributed by atoms with E-state index in [0.29, 0.717) is 6.61 Å². The van der Waals surface area contributed by atoms with Crippen LogP contribution >= 0.6 is 0 Å². The highest BCUT2D eigenvalue weighted by Gasteiger charge is 2.28. The van der Waals surface area contributed by atoms with Crippen LogP contribution in [-0.4, -0.2) is 25.0 Å². The molecule has 0 amide bonds. The molecule has 1 aliphatic rings. The number of hydrogen-bond acceptors (Lipinski definition) is 4. The lowest BCUT2D eigenvalue weighted by Gasteiger charge is -2.11. The molecule has 1 heterocycles. The van der Waals surface area contributed by atoms with E-state index < -0.39 is 12.3 Å². The average molecular weight is 242 g/mol. The Morgan fingerprint density at radius 2 is 2.12 bits per heavy atom. The third-order valence-corrected chi connectivity index (χ3v) is 2.37. The molecule has 0 aromatic heterocycles. The van der Waals surface area contributed by atoms with Crippen molar-refractivity contribution >= 4 is 5.97 Å². The van der Waals surface area contributed by atoms with Crippen molar-refractivity contribution < 1.29 is 19.0 Å². The molecule has 4 heteroatoms. The summed E-state index contributed by atoms with van der Waals surface area (Å²) in [5.74, 6) is -0.140. The van der Waals surface area contributed by atoms with Crippen molar-refractivity contribution in [1.82, 2.24) is 0 Å². The first-order valence-electron chi connectivity index (χ1n) is 6.34. The van der Waals surface area contributed by atoms with Crippen LogP contribution in [0.3, 0.4) is 0 Å². The zero-order chi connectivity index (χ0) is 12.7. The van der Waals surface area contributed by atoms with Crippen molar-refractivity contribution in [1.29, 1.82) is 0 Å². The largest absolute Gasteiger partial charge is 0.487 e. The summed E-state index contributed by atoms with van der Waals surface area (Å²) in [4.78, 5) is 11.4. The summed E-state index contributed by atoms with van der Waals surface area (Å²) in [6, 6.07) is 0. The third-order valence-electron chi connectivity index (χ3n) is 2.37. The Labute approximate surface area is 103 Å². The highest BCUT2D eigenvalue weighted by molar-refractivity contribution is 5.88. The number of unbranched alkanes of at least 4 members (excludes halogenated alkanes) is 3. The molecule has 1 aliphatic heterocycles. The van der Waals surface area contributed by atoms with E-state index in [1.807, 2.05) is 13.8 Å². The van der Waals surface area contributed by atoms with E-state index >= 15 is 0 Å². The lowest BCUT2D eigenvalue weighted by Crippen LogP contribution is -2.17. The second kappa shape index (κ2) is 7.33. The molecule has 1 unspecified atom stereocenters. The lowest BCUT2D eigenvalue weighted by atomic mass is 10.2. The van der Waals surface area contributed by atoms with Crippen molar-refractivity contribution in [2.24, 2.45) is 0 Å². The van der Waals surface area contributed by atoms with Gasteiger partial charge in [-0.2, -0.15) is 0 Å². The number of ether oxygens (including phenoxy) is 3. The molecule has 0 radical (unpaired) electrons. The van der Waals surface area contributed by atoms with Crippen molar-refractivity contribution in [2.75, 3.05) is 6.61 Å². The van der Waals surface area contributed by atoms with E-state index in [2.05, 4.69) is 6.92 Å². The Bertz CT molecular complexity index is 271. The Balaban J connectivity index is 2.25. The fraction of sp³-hybridized carbons (Fsp3) is 0.769. The molecular formula is C13H22O4. The second-order valence-corrected chi connectivity index (χ2v) is 4.40. The predicted molar refractivity (Wildman–Crippen MR) is 64.3 cm³/mol. The van der Waals surface area contributed by atoms with Gasteiger partial charge in [0.05, 0.1) is 12.7 Å². The number of esters is 1. The fourth-order valence-corrected chi connectivity index (χ4v) is 1.54. The molecule has 0 fully saturated rings. The van der Waals surface area contributed by atoms with Crippen LogP contribution in [0.1, 0.15) is 46.5 Å². The first-order chi connectivity index (χ1) is 8.13. The van der Waals surface area contributed by atoms with Crippen LogP contribution in [0.2, 0.25) is 0 Å². The standard InChI is InChI=1S/C13H22O4/c1-4-5-6-7-8-15-11-9-12(16-10(2)3)17-13(11)14/h9-10,12H,4-8H2,1-3H3. The van der Waals surface area contributed by atoms with Gasteiger partial charge in [-0.25, -0.2) is 4.79 Å². The van der Waals surface area contributed by atoms with Gasteiger partial charge in [-0.15, -0.1) is 0 Å². The van der Waals surface area contributed by atoms with Crippen LogP contribution in [0.5, 0.6) is 0 Å². The Morgan fingerprint density at radius 3 is 2.76 bits per heavy atom. The Morgan fingerprint density at radius 1 is 1.35 bits per heavy atom. The van der Waals surface area contributed by atoms with Crippen LogP contribution in [0.4, 0.5) is 0 Å². The Kier molecular flexibility index (Phi) is 6.05. The molecule has 1 rings (SSSR count). The van der Waals surface area contributed by atoms with Crippen LogP contribution in [-0.2, 0) is 19.0 Å². The summed E-state index contributed by atoms with van der Waals surface area (Å²) in [6.07, 6.45) is 5.52. The van der Waals surface area contributed by atoms with Crippen LogP contribution in [0, 0.1) is 0 Å². The summed E-state index contributed by atoms with van der Waals surface area (Å²) in [5, 5.41) is 0. The van der Waals surface area contributed by atoms with E-state index in [1.165, 1.54) is 12.8 Å². The van der Waals surface area contributed by atoms with Gasteiger partial charge >= 0.3 is 5.97 Å². The molecule has 0 bridgehead atoms. The summed E-state index contributed by atoms with van der Waals surface area (Å²) in [6.45, 7) is 6.51. The minimum absolute atomic E-state index is 0.0213. The highest BCUT2D eigenvalue weighted by atomic mass is 16.7. The topological polar surface area (TPSA) is 44.8 Å². The molecule has 0 spiro atoms. The molecule has 98 valence electrons. The van der Waals surface area contributed by atoms with E-state index in [4.69, 9.17) is 14.2 Å². The zero-order valence-corrected chi connectivity index (χ0v) is 10.9. The van der Waals surface area contributed by atoms with Gasteiger partial charge < -0.3 is 14.2 Å². The maximum absolute atomic E-state index is 11.4. The van der Waals surface area contributed by atoms with Crippen molar-refractivity contribution in [3.63, 3.8) is 0 Å². The van der Waals surface area contributed by atoms with Crippen LogP contribution in [0.25, 0.3) is 0 Å². The predicted octanol–water partition coefficient (Wildman–Crippen LogP) is 2.78. The molecule has 17 heavy (non-hydrogen) atoms. The van der Waals surface area contributed by atoms with Crippen molar-refractivity contribution in [3.8, 4) is 0 Å². The number of carbonyl (C=O) groups is 1. The lowest BCUT2D eigenvalue weighted by molar-refractivity contribution is -0.166. The van der Waals surface area contributed by atoms with Gasteiger partial charge in [0.2, 0.25) is 12.0 Å². The molecule has 0 N–H and O–H groups in total. The normalized spacial score (nSPS) is 19.4.